The van der Waals surface area contributed by atoms with Gasteiger partial charge in [0, 0.05) is 24.4 Å². The Bertz CT molecular complexity index is 303. The molecule has 1 aromatic rings. The molecule has 0 fully saturated rings. The molecule has 0 bridgehead atoms. The standard InChI is InChI=1S/C15H26N2/c1-5-13-7-9-15(17-11-13)10-14(16-4)8-6-12(2)3/h7,9,11-12,14,16H,5-6,8,10H2,1-4H3. The normalized spacial score (nSPS) is 13.0. The van der Waals surface area contributed by atoms with Gasteiger partial charge in [-0.2, -0.15) is 0 Å². The number of aryl methyl sites for hydroxylation is 1. The van der Waals surface area contributed by atoms with Gasteiger partial charge in [-0.1, -0.05) is 26.8 Å². The summed E-state index contributed by atoms with van der Waals surface area (Å²) in [6.45, 7) is 6.72. The number of hydrogen-bond donors (Lipinski definition) is 1. The van der Waals surface area contributed by atoms with Crippen molar-refractivity contribution in [1.82, 2.24) is 10.3 Å². The van der Waals surface area contributed by atoms with Gasteiger partial charge in [0.15, 0.2) is 0 Å². The van der Waals surface area contributed by atoms with E-state index in [4.69, 9.17) is 0 Å². The maximum absolute atomic E-state index is 4.52. The van der Waals surface area contributed by atoms with Gasteiger partial charge in [-0.3, -0.25) is 4.98 Å². The average Bonchev–Trinajstić information content (AvgIpc) is 2.35. The molecule has 0 spiro atoms. The van der Waals surface area contributed by atoms with Gasteiger partial charge in [0.1, 0.15) is 0 Å². The maximum Gasteiger partial charge on any atom is 0.0419 e. The molecule has 0 saturated carbocycles. The fourth-order valence-corrected chi connectivity index (χ4v) is 1.92. The fraction of sp³-hybridized carbons (Fsp3) is 0.667. The lowest BCUT2D eigenvalue weighted by Crippen LogP contribution is -2.28. The van der Waals surface area contributed by atoms with E-state index in [0.29, 0.717) is 6.04 Å². The minimum atomic E-state index is 0.553. The second kappa shape index (κ2) is 7.44. The van der Waals surface area contributed by atoms with Crippen LogP contribution in [-0.2, 0) is 12.8 Å². The Labute approximate surface area is 106 Å². The highest BCUT2D eigenvalue weighted by Crippen LogP contribution is 2.11. The van der Waals surface area contributed by atoms with E-state index in [1.165, 1.54) is 24.1 Å². The van der Waals surface area contributed by atoms with Crippen LogP contribution in [0.1, 0.15) is 44.9 Å². The van der Waals surface area contributed by atoms with E-state index in [1.807, 2.05) is 13.2 Å². The van der Waals surface area contributed by atoms with Crippen molar-refractivity contribution in [2.45, 2.75) is 52.5 Å². The van der Waals surface area contributed by atoms with Crippen molar-refractivity contribution >= 4 is 0 Å². The summed E-state index contributed by atoms with van der Waals surface area (Å²) in [5, 5.41) is 3.39. The Morgan fingerprint density at radius 3 is 2.47 bits per heavy atom. The van der Waals surface area contributed by atoms with Crippen LogP contribution in [0.2, 0.25) is 0 Å². The molecule has 1 rings (SSSR count). The summed E-state index contributed by atoms with van der Waals surface area (Å²) < 4.78 is 0. The molecule has 0 saturated heterocycles. The van der Waals surface area contributed by atoms with Gasteiger partial charge in [-0.15, -0.1) is 0 Å². The highest BCUT2D eigenvalue weighted by atomic mass is 14.9. The molecule has 0 aromatic carbocycles. The number of likely N-dealkylation sites (N-methyl/N-ethyl adjacent to an activating group) is 1. The zero-order valence-electron chi connectivity index (χ0n) is 11.7. The minimum absolute atomic E-state index is 0.553. The first-order chi connectivity index (χ1) is 8.15. The molecule has 0 aliphatic rings. The Morgan fingerprint density at radius 1 is 1.24 bits per heavy atom. The largest absolute Gasteiger partial charge is 0.317 e. The molecule has 1 unspecified atom stereocenters. The number of nitrogens with zero attached hydrogens (tertiary/aromatic N) is 1. The van der Waals surface area contributed by atoms with Gasteiger partial charge in [-0.25, -0.2) is 0 Å². The summed E-state index contributed by atoms with van der Waals surface area (Å²) in [5.41, 5.74) is 2.52. The quantitative estimate of drug-likeness (QED) is 0.783. The van der Waals surface area contributed by atoms with E-state index in [2.05, 4.69) is 43.2 Å². The molecule has 1 heterocycles. The van der Waals surface area contributed by atoms with Crippen LogP contribution in [0.15, 0.2) is 18.3 Å². The van der Waals surface area contributed by atoms with Crippen molar-refractivity contribution in [1.29, 1.82) is 0 Å². The van der Waals surface area contributed by atoms with Crippen LogP contribution in [-0.4, -0.2) is 18.1 Å². The number of aromatic nitrogens is 1. The third kappa shape index (κ3) is 5.31. The molecule has 1 N–H and O–H groups in total. The topological polar surface area (TPSA) is 24.9 Å². The monoisotopic (exact) mass is 234 g/mol. The summed E-state index contributed by atoms with van der Waals surface area (Å²) in [4.78, 5) is 4.52. The van der Waals surface area contributed by atoms with Crippen molar-refractivity contribution in [3.05, 3.63) is 29.6 Å². The highest BCUT2D eigenvalue weighted by Gasteiger charge is 2.09. The molecule has 0 aliphatic carbocycles. The molecule has 96 valence electrons. The smallest absolute Gasteiger partial charge is 0.0419 e. The Hall–Kier alpha value is -0.890. The molecule has 2 heteroatoms. The van der Waals surface area contributed by atoms with Crippen LogP contribution in [0.3, 0.4) is 0 Å². The summed E-state index contributed by atoms with van der Waals surface area (Å²) in [7, 11) is 2.05. The van der Waals surface area contributed by atoms with Gasteiger partial charge < -0.3 is 5.32 Å². The molecular formula is C15H26N2. The van der Waals surface area contributed by atoms with Gasteiger partial charge in [0.25, 0.3) is 0 Å². The highest BCUT2D eigenvalue weighted by molar-refractivity contribution is 5.14. The molecule has 0 aliphatic heterocycles. The number of nitrogens with one attached hydrogen (secondary N) is 1. The van der Waals surface area contributed by atoms with Crippen LogP contribution < -0.4 is 5.32 Å². The lowest BCUT2D eigenvalue weighted by atomic mass is 10.00. The Kier molecular flexibility index (Phi) is 6.20. The molecular weight excluding hydrogens is 208 g/mol. The number of pyridine rings is 1. The number of hydrogen-bond acceptors (Lipinski definition) is 2. The van der Waals surface area contributed by atoms with Gasteiger partial charge in [0.05, 0.1) is 0 Å². The summed E-state index contributed by atoms with van der Waals surface area (Å²) in [5.74, 6) is 0.779. The van der Waals surface area contributed by atoms with Crippen molar-refractivity contribution in [2.75, 3.05) is 7.05 Å². The average molecular weight is 234 g/mol. The van der Waals surface area contributed by atoms with Crippen molar-refractivity contribution in [3.63, 3.8) is 0 Å². The lowest BCUT2D eigenvalue weighted by Gasteiger charge is -2.17. The third-order valence-corrected chi connectivity index (χ3v) is 3.25. The van der Waals surface area contributed by atoms with Crippen molar-refractivity contribution in [2.24, 2.45) is 5.92 Å². The maximum atomic E-state index is 4.52. The lowest BCUT2D eigenvalue weighted by molar-refractivity contribution is 0.448. The first kappa shape index (κ1) is 14.2. The molecule has 0 radical (unpaired) electrons. The zero-order chi connectivity index (χ0) is 12.7. The fourth-order valence-electron chi connectivity index (χ4n) is 1.92. The van der Waals surface area contributed by atoms with Gasteiger partial charge >= 0.3 is 0 Å². The number of rotatable bonds is 7. The molecule has 0 amide bonds. The van der Waals surface area contributed by atoms with Crippen molar-refractivity contribution < 1.29 is 0 Å². The molecule has 1 aromatic heterocycles. The Balaban J connectivity index is 2.48. The molecule has 17 heavy (non-hydrogen) atoms. The van der Waals surface area contributed by atoms with Gasteiger partial charge in [-0.05, 0) is 43.9 Å². The summed E-state index contributed by atoms with van der Waals surface area (Å²) in [6.07, 6.45) is 6.61. The summed E-state index contributed by atoms with van der Waals surface area (Å²) >= 11 is 0. The van der Waals surface area contributed by atoms with E-state index in [9.17, 15) is 0 Å². The molecule has 1 atom stereocenters. The Morgan fingerprint density at radius 2 is 2.00 bits per heavy atom. The third-order valence-electron chi connectivity index (χ3n) is 3.25. The first-order valence-corrected chi connectivity index (χ1v) is 6.76. The van der Waals surface area contributed by atoms with Crippen LogP contribution in [0.4, 0.5) is 0 Å². The van der Waals surface area contributed by atoms with E-state index in [0.717, 1.165) is 18.8 Å². The summed E-state index contributed by atoms with van der Waals surface area (Å²) in [6, 6.07) is 4.91. The molecule has 2 nitrogen and oxygen atoms in total. The van der Waals surface area contributed by atoms with Gasteiger partial charge in [0.2, 0.25) is 0 Å². The van der Waals surface area contributed by atoms with E-state index in [-0.39, 0.29) is 0 Å². The van der Waals surface area contributed by atoms with E-state index < -0.39 is 0 Å². The van der Waals surface area contributed by atoms with E-state index in [1.54, 1.807) is 0 Å². The van der Waals surface area contributed by atoms with E-state index >= 15 is 0 Å². The second-order valence-corrected chi connectivity index (χ2v) is 5.17. The van der Waals surface area contributed by atoms with Crippen LogP contribution in [0.5, 0.6) is 0 Å². The predicted octanol–water partition coefficient (Wildman–Crippen LogP) is 3.21. The zero-order valence-corrected chi connectivity index (χ0v) is 11.7. The first-order valence-electron chi connectivity index (χ1n) is 6.76. The SMILES string of the molecule is CCc1ccc(CC(CCC(C)C)NC)nc1. The predicted molar refractivity (Wildman–Crippen MR) is 74.2 cm³/mol. The minimum Gasteiger partial charge on any atom is -0.317 e. The van der Waals surface area contributed by atoms with Crippen molar-refractivity contribution in [3.8, 4) is 0 Å². The second-order valence-electron chi connectivity index (χ2n) is 5.17. The van der Waals surface area contributed by atoms with Crippen LogP contribution in [0.25, 0.3) is 0 Å². The van der Waals surface area contributed by atoms with Crippen LogP contribution in [0, 0.1) is 5.92 Å². The van der Waals surface area contributed by atoms with Crippen LogP contribution >= 0.6 is 0 Å².